The van der Waals surface area contributed by atoms with Crippen LogP contribution < -0.4 is 5.32 Å². The number of nitrogens with one attached hydrogen (secondary N) is 1. The standard InChI is InChI=1S/C17H25NO2/c1-2-13(14-7-4-3-5-8-14)11-17(20)18-12-15-9-6-10-16(15)19/h3-5,7-8,13,15-16,19H,2,6,9-12H2,1H3,(H,18,20)/t13-,15+,16-/m1/s1. The highest BCUT2D eigenvalue weighted by Gasteiger charge is 2.25. The van der Waals surface area contributed by atoms with Crippen molar-refractivity contribution in [3.8, 4) is 0 Å². The first-order valence-corrected chi connectivity index (χ1v) is 7.70. The number of aliphatic hydroxyl groups is 1. The molecule has 1 fully saturated rings. The Morgan fingerprint density at radius 3 is 2.70 bits per heavy atom. The normalized spacial score (nSPS) is 23.5. The van der Waals surface area contributed by atoms with E-state index in [0.29, 0.717) is 13.0 Å². The number of rotatable bonds is 6. The van der Waals surface area contributed by atoms with Gasteiger partial charge in [-0.25, -0.2) is 0 Å². The van der Waals surface area contributed by atoms with Crippen LogP contribution in [-0.2, 0) is 4.79 Å². The average Bonchev–Trinajstić information content (AvgIpc) is 2.89. The molecule has 1 aromatic rings. The molecule has 2 N–H and O–H groups in total. The Morgan fingerprint density at radius 2 is 2.10 bits per heavy atom. The lowest BCUT2D eigenvalue weighted by Gasteiger charge is -2.18. The molecule has 110 valence electrons. The van der Waals surface area contributed by atoms with Gasteiger partial charge in [-0.3, -0.25) is 4.79 Å². The van der Waals surface area contributed by atoms with Gasteiger partial charge >= 0.3 is 0 Å². The molecular formula is C17H25NO2. The molecule has 1 amide bonds. The lowest BCUT2D eigenvalue weighted by atomic mass is 9.93. The molecule has 0 aliphatic heterocycles. The van der Waals surface area contributed by atoms with Crippen molar-refractivity contribution in [2.45, 2.75) is 51.0 Å². The minimum atomic E-state index is -0.230. The summed E-state index contributed by atoms with van der Waals surface area (Å²) in [5.74, 6) is 0.625. The molecule has 1 aliphatic carbocycles. The molecule has 0 unspecified atom stereocenters. The van der Waals surface area contributed by atoms with Crippen LogP contribution in [0.1, 0.15) is 50.5 Å². The average molecular weight is 275 g/mol. The molecule has 0 bridgehead atoms. The Hall–Kier alpha value is -1.35. The quantitative estimate of drug-likeness (QED) is 0.838. The van der Waals surface area contributed by atoms with Crippen molar-refractivity contribution < 1.29 is 9.90 Å². The maximum absolute atomic E-state index is 12.1. The summed E-state index contributed by atoms with van der Waals surface area (Å²) in [6.07, 6.45) is 4.24. The van der Waals surface area contributed by atoms with Crippen LogP contribution in [0.4, 0.5) is 0 Å². The molecule has 0 spiro atoms. The lowest BCUT2D eigenvalue weighted by molar-refractivity contribution is -0.121. The Bertz CT molecular complexity index is 418. The van der Waals surface area contributed by atoms with E-state index < -0.39 is 0 Å². The van der Waals surface area contributed by atoms with E-state index in [1.807, 2.05) is 18.2 Å². The summed E-state index contributed by atoms with van der Waals surface area (Å²) in [6, 6.07) is 10.2. The highest BCUT2D eigenvalue weighted by atomic mass is 16.3. The smallest absolute Gasteiger partial charge is 0.220 e. The van der Waals surface area contributed by atoms with Crippen LogP contribution in [0.2, 0.25) is 0 Å². The molecule has 0 heterocycles. The van der Waals surface area contributed by atoms with E-state index in [-0.39, 0.29) is 23.8 Å². The Balaban J connectivity index is 1.80. The van der Waals surface area contributed by atoms with Crippen LogP contribution in [-0.4, -0.2) is 23.7 Å². The zero-order chi connectivity index (χ0) is 14.4. The first-order valence-electron chi connectivity index (χ1n) is 7.70. The number of aliphatic hydroxyl groups excluding tert-OH is 1. The zero-order valence-corrected chi connectivity index (χ0v) is 12.2. The molecule has 0 radical (unpaired) electrons. The van der Waals surface area contributed by atoms with E-state index in [9.17, 15) is 9.90 Å². The van der Waals surface area contributed by atoms with Crippen molar-refractivity contribution in [1.29, 1.82) is 0 Å². The Kier molecular flexibility index (Phi) is 5.60. The van der Waals surface area contributed by atoms with Crippen LogP contribution in [0, 0.1) is 5.92 Å². The second-order valence-electron chi connectivity index (χ2n) is 5.78. The van der Waals surface area contributed by atoms with Crippen molar-refractivity contribution in [2.24, 2.45) is 5.92 Å². The van der Waals surface area contributed by atoms with E-state index >= 15 is 0 Å². The van der Waals surface area contributed by atoms with Gasteiger partial charge in [-0.2, -0.15) is 0 Å². The molecule has 0 aromatic heterocycles. The van der Waals surface area contributed by atoms with Gasteiger partial charge in [-0.15, -0.1) is 0 Å². The van der Waals surface area contributed by atoms with Crippen molar-refractivity contribution in [2.75, 3.05) is 6.54 Å². The minimum Gasteiger partial charge on any atom is -0.393 e. The first-order chi connectivity index (χ1) is 9.70. The Morgan fingerprint density at radius 1 is 1.35 bits per heavy atom. The van der Waals surface area contributed by atoms with Gasteiger partial charge in [0.15, 0.2) is 0 Å². The molecule has 3 atom stereocenters. The van der Waals surface area contributed by atoms with Gasteiger partial charge in [0, 0.05) is 18.9 Å². The third-order valence-electron chi connectivity index (χ3n) is 4.38. The summed E-state index contributed by atoms with van der Waals surface area (Å²) in [5, 5.41) is 12.7. The SMILES string of the molecule is CC[C@H](CC(=O)NC[C@@H]1CCC[C@H]1O)c1ccccc1. The molecule has 1 aliphatic rings. The summed E-state index contributed by atoms with van der Waals surface area (Å²) in [6.45, 7) is 2.73. The van der Waals surface area contributed by atoms with Crippen molar-refractivity contribution >= 4 is 5.91 Å². The van der Waals surface area contributed by atoms with Crippen molar-refractivity contribution in [1.82, 2.24) is 5.32 Å². The van der Waals surface area contributed by atoms with E-state index in [1.165, 1.54) is 5.56 Å². The summed E-state index contributed by atoms with van der Waals surface area (Å²) in [4.78, 5) is 12.1. The third-order valence-corrected chi connectivity index (χ3v) is 4.38. The fourth-order valence-electron chi connectivity index (χ4n) is 3.02. The maximum atomic E-state index is 12.1. The van der Waals surface area contributed by atoms with Crippen LogP contribution in [0.5, 0.6) is 0 Å². The fourth-order valence-corrected chi connectivity index (χ4v) is 3.02. The van der Waals surface area contributed by atoms with Gasteiger partial charge < -0.3 is 10.4 Å². The summed E-state index contributed by atoms with van der Waals surface area (Å²) >= 11 is 0. The van der Waals surface area contributed by atoms with Gasteiger partial charge in [-0.1, -0.05) is 43.7 Å². The summed E-state index contributed by atoms with van der Waals surface area (Å²) < 4.78 is 0. The van der Waals surface area contributed by atoms with Gasteiger partial charge in [0.25, 0.3) is 0 Å². The molecule has 0 saturated heterocycles. The van der Waals surface area contributed by atoms with Crippen molar-refractivity contribution in [3.63, 3.8) is 0 Å². The predicted molar refractivity (Wildman–Crippen MR) is 80.4 cm³/mol. The second kappa shape index (κ2) is 7.44. The van der Waals surface area contributed by atoms with Gasteiger partial charge in [0.05, 0.1) is 6.10 Å². The number of benzene rings is 1. The number of hydrogen-bond donors (Lipinski definition) is 2. The topological polar surface area (TPSA) is 49.3 Å². The molecule has 1 aromatic carbocycles. The van der Waals surface area contributed by atoms with Gasteiger partial charge in [0.1, 0.15) is 0 Å². The van der Waals surface area contributed by atoms with E-state index in [1.54, 1.807) is 0 Å². The van der Waals surface area contributed by atoms with Gasteiger partial charge in [0.2, 0.25) is 5.91 Å². The number of hydrogen-bond acceptors (Lipinski definition) is 2. The van der Waals surface area contributed by atoms with Crippen LogP contribution in [0.15, 0.2) is 30.3 Å². The number of amides is 1. The van der Waals surface area contributed by atoms with Crippen LogP contribution in [0.25, 0.3) is 0 Å². The molecule has 2 rings (SSSR count). The second-order valence-corrected chi connectivity index (χ2v) is 5.78. The lowest BCUT2D eigenvalue weighted by Crippen LogP contribution is -2.33. The van der Waals surface area contributed by atoms with Crippen LogP contribution >= 0.6 is 0 Å². The van der Waals surface area contributed by atoms with Gasteiger partial charge in [-0.05, 0) is 30.7 Å². The molecule has 3 nitrogen and oxygen atoms in total. The highest BCUT2D eigenvalue weighted by Crippen LogP contribution is 2.25. The minimum absolute atomic E-state index is 0.0970. The zero-order valence-electron chi connectivity index (χ0n) is 12.2. The van der Waals surface area contributed by atoms with E-state index in [2.05, 4.69) is 24.4 Å². The Labute approximate surface area is 121 Å². The fraction of sp³-hybridized carbons (Fsp3) is 0.588. The summed E-state index contributed by atoms with van der Waals surface area (Å²) in [7, 11) is 0. The molecular weight excluding hydrogens is 250 g/mol. The third kappa shape index (κ3) is 4.07. The summed E-state index contributed by atoms with van der Waals surface area (Å²) in [5.41, 5.74) is 1.23. The first kappa shape index (κ1) is 15.0. The highest BCUT2D eigenvalue weighted by molar-refractivity contribution is 5.76. The number of carbonyl (C=O) groups is 1. The molecule has 1 saturated carbocycles. The van der Waals surface area contributed by atoms with Crippen LogP contribution in [0.3, 0.4) is 0 Å². The number of carbonyl (C=O) groups excluding carboxylic acids is 1. The van der Waals surface area contributed by atoms with E-state index in [0.717, 1.165) is 25.7 Å². The maximum Gasteiger partial charge on any atom is 0.220 e. The largest absolute Gasteiger partial charge is 0.393 e. The monoisotopic (exact) mass is 275 g/mol. The van der Waals surface area contributed by atoms with E-state index in [4.69, 9.17) is 0 Å². The predicted octanol–water partition coefficient (Wildman–Crippen LogP) is 2.85. The van der Waals surface area contributed by atoms with Crippen molar-refractivity contribution in [3.05, 3.63) is 35.9 Å². The molecule has 3 heteroatoms. The molecule has 20 heavy (non-hydrogen) atoms.